The molecule has 0 rings (SSSR count). The number of carboxylic acid groups (broad SMARTS) is 2. The van der Waals surface area contributed by atoms with Gasteiger partial charge in [0.25, 0.3) is 0 Å². The van der Waals surface area contributed by atoms with Crippen molar-refractivity contribution >= 4 is 17.9 Å². The average molecular weight is 320 g/mol. The molecule has 0 bridgehead atoms. The number of unbranched alkanes of at least 4 members (excludes halogenated alkanes) is 1. The topological polar surface area (TPSA) is 141 Å². The first-order valence-corrected chi connectivity index (χ1v) is 7.19. The van der Waals surface area contributed by atoms with Crippen LogP contribution in [0.4, 0.5) is 0 Å². The van der Waals surface area contributed by atoms with Gasteiger partial charge in [0.1, 0.15) is 0 Å². The third-order valence-electron chi connectivity index (χ3n) is 3.38. The van der Waals surface area contributed by atoms with E-state index in [1.165, 1.54) is 0 Å². The Kier molecular flexibility index (Phi) is 9.35. The number of carbonyl (C=O) groups excluding carboxylic acids is 1. The molecule has 0 heterocycles. The van der Waals surface area contributed by atoms with Crippen LogP contribution in [0.15, 0.2) is 0 Å². The predicted octanol–water partition coefficient (Wildman–Crippen LogP) is 0.399. The first-order valence-electron chi connectivity index (χ1n) is 7.19. The van der Waals surface area contributed by atoms with Gasteiger partial charge in [0.15, 0.2) is 5.60 Å². The molecule has 0 saturated carbocycles. The van der Waals surface area contributed by atoms with E-state index >= 15 is 0 Å². The molecule has 128 valence electrons. The van der Waals surface area contributed by atoms with Gasteiger partial charge in [0, 0.05) is 6.61 Å². The second-order valence-electron chi connectivity index (χ2n) is 5.26. The van der Waals surface area contributed by atoms with Crippen molar-refractivity contribution in [3.8, 4) is 0 Å². The van der Waals surface area contributed by atoms with Gasteiger partial charge < -0.3 is 25.2 Å². The zero-order chi connectivity index (χ0) is 17.2. The number of aliphatic hydroxyl groups is 2. The lowest BCUT2D eigenvalue weighted by Gasteiger charge is -2.20. The molecule has 0 saturated heterocycles. The van der Waals surface area contributed by atoms with E-state index in [0.29, 0.717) is 6.42 Å². The fraction of sp³-hybridized carbons (Fsp3) is 0.786. The van der Waals surface area contributed by atoms with E-state index in [1.54, 1.807) is 0 Å². The molecule has 0 aromatic rings. The normalized spacial score (nSPS) is 14.9. The van der Waals surface area contributed by atoms with Crippen molar-refractivity contribution in [2.75, 3.05) is 13.2 Å². The van der Waals surface area contributed by atoms with Gasteiger partial charge in [-0.05, 0) is 25.2 Å². The fourth-order valence-electron chi connectivity index (χ4n) is 1.90. The van der Waals surface area contributed by atoms with Crippen LogP contribution in [0.2, 0.25) is 0 Å². The first kappa shape index (κ1) is 20.3. The number of rotatable bonds is 12. The summed E-state index contributed by atoms with van der Waals surface area (Å²) in [5, 5.41) is 36.0. The summed E-state index contributed by atoms with van der Waals surface area (Å²) in [6.45, 7) is 2.14. The van der Waals surface area contributed by atoms with Crippen LogP contribution in [0.25, 0.3) is 0 Å². The number of carbonyl (C=O) groups is 3. The molecule has 0 aliphatic heterocycles. The standard InChI is InChI=1S/C14H24O8/c1-2-10(9-15)5-3-4-6-22-12(18)8-14(21,13(19)20)7-11(16)17/h10,15,21H,2-9H2,1H3,(H,16,17)(H,19,20). The highest BCUT2D eigenvalue weighted by atomic mass is 16.5. The molecule has 2 unspecified atom stereocenters. The predicted molar refractivity (Wildman–Crippen MR) is 75.1 cm³/mol. The maximum Gasteiger partial charge on any atom is 0.336 e. The molecular weight excluding hydrogens is 296 g/mol. The summed E-state index contributed by atoms with van der Waals surface area (Å²) in [4.78, 5) is 32.9. The van der Waals surface area contributed by atoms with Crippen LogP contribution < -0.4 is 0 Å². The summed E-state index contributed by atoms with van der Waals surface area (Å²) in [5.41, 5.74) is -2.66. The molecule has 4 N–H and O–H groups in total. The van der Waals surface area contributed by atoms with Gasteiger partial charge in [0.2, 0.25) is 0 Å². The zero-order valence-corrected chi connectivity index (χ0v) is 12.7. The molecule has 8 nitrogen and oxygen atoms in total. The van der Waals surface area contributed by atoms with Crippen LogP contribution in [0.5, 0.6) is 0 Å². The number of hydrogen-bond acceptors (Lipinski definition) is 6. The molecule has 2 atom stereocenters. The number of hydrogen-bond donors (Lipinski definition) is 4. The van der Waals surface area contributed by atoms with Crippen LogP contribution in [-0.4, -0.2) is 57.1 Å². The average Bonchev–Trinajstić information content (AvgIpc) is 2.41. The maximum absolute atomic E-state index is 11.5. The molecule has 0 amide bonds. The van der Waals surface area contributed by atoms with Crippen molar-refractivity contribution in [3.05, 3.63) is 0 Å². The zero-order valence-electron chi connectivity index (χ0n) is 12.7. The second kappa shape index (κ2) is 10.1. The van der Waals surface area contributed by atoms with Crippen molar-refractivity contribution in [1.29, 1.82) is 0 Å². The van der Waals surface area contributed by atoms with Gasteiger partial charge >= 0.3 is 17.9 Å². The van der Waals surface area contributed by atoms with Crippen LogP contribution >= 0.6 is 0 Å². The Morgan fingerprint density at radius 3 is 2.23 bits per heavy atom. The van der Waals surface area contributed by atoms with E-state index in [4.69, 9.17) is 20.1 Å². The number of aliphatic carboxylic acids is 2. The molecule has 22 heavy (non-hydrogen) atoms. The van der Waals surface area contributed by atoms with Crippen molar-refractivity contribution in [1.82, 2.24) is 0 Å². The molecular formula is C14H24O8. The second-order valence-corrected chi connectivity index (χ2v) is 5.26. The van der Waals surface area contributed by atoms with E-state index in [1.807, 2.05) is 6.92 Å². The van der Waals surface area contributed by atoms with Gasteiger partial charge in [0.05, 0.1) is 19.4 Å². The SMILES string of the molecule is CCC(CO)CCCCOC(=O)CC(O)(CC(=O)O)C(=O)O. The lowest BCUT2D eigenvalue weighted by molar-refractivity contribution is -0.172. The van der Waals surface area contributed by atoms with E-state index in [9.17, 15) is 19.5 Å². The summed E-state index contributed by atoms with van der Waals surface area (Å²) in [6, 6.07) is 0. The van der Waals surface area contributed by atoms with Gasteiger partial charge in [-0.15, -0.1) is 0 Å². The number of esters is 1. The highest BCUT2D eigenvalue weighted by Crippen LogP contribution is 2.17. The lowest BCUT2D eigenvalue weighted by atomic mass is 9.96. The molecule has 0 aliphatic carbocycles. The summed E-state index contributed by atoms with van der Waals surface area (Å²) >= 11 is 0. The molecule has 0 aromatic carbocycles. The van der Waals surface area contributed by atoms with E-state index in [-0.39, 0.29) is 19.1 Å². The highest BCUT2D eigenvalue weighted by Gasteiger charge is 2.41. The first-order chi connectivity index (χ1) is 10.2. The van der Waals surface area contributed by atoms with Crippen LogP contribution in [-0.2, 0) is 19.1 Å². The summed E-state index contributed by atoms with van der Waals surface area (Å²) in [5.74, 6) is -4.04. The molecule has 0 spiro atoms. The Hall–Kier alpha value is -1.67. The largest absolute Gasteiger partial charge is 0.481 e. The monoisotopic (exact) mass is 320 g/mol. The lowest BCUT2D eigenvalue weighted by Crippen LogP contribution is -2.43. The Balaban J connectivity index is 4.11. The van der Waals surface area contributed by atoms with Crippen LogP contribution in [0.3, 0.4) is 0 Å². The number of ether oxygens (including phenoxy) is 1. The van der Waals surface area contributed by atoms with Gasteiger partial charge in [-0.3, -0.25) is 9.59 Å². The minimum atomic E-state index is -2.66. The molecule has 0 fully saturated rings. The Morgan fingerprint density at radius 2 is 1.77 bits per heavy atom. The summed E-state index contributed by atoms with van der Waals surface area (Å²) in [7, 11) is 0. The number of carboxylic acids is 2. The van der Waals surface area contributed by atoms with Crippen LogP contribution in [0.1, 0.15) is 45.4 Å². The van der Waals surface area contributed by atoms with Crippen molar-refractivity contribution < 1.29 is 39.5 Å². The quantitative estimate of drug-likeness (QED) is 0.299. The number of aliphatic hydroxyl groups excluding tert-OH is 1. The Labute approximate surface area is 128 Å². The van der Waals surface area contributed by atoms with Crippen molar-refractivity contribution in [2.24, 2.45) is 5.92 Å². The van der Waals surface area contributed by atoms with E-state index in [2.05, 4.69) is 0 Å². The molecule has 0 radical (unpaired) electrons. The van der Waals surface area contributed by atoms with Gasteiger partial charge in [-0.25, -0.2) is 4.79 Å². The minimum Gasteiger partial charge on any atom is -0.481 e. The summed E-state index contributed by atoms with van der Waals surface area (Å²) < 4.78 is 4.80. The molecule has 0 aliphatic rings. The van der Waals surface area contributed by atoms with Crippen molar-refractivity contribution in [2.45, 2.75) is 51.0 Å². The fourth-order valence-corrected chi connectivity index (χ4v) is 1.90. The van der Waals surface area contributed by atoms with Gasteiger partial charge in [-0.1, -0.05) is 13.3 Å². The van der Waals surface area contributed by atoms with E-state index in [0.717, 1.165) is 19.3 Å². The smallest absolute Gasteiger partial charge is 0.336 e. The summed E-state index contributed by atoms with van der Waals surface area (Å²) in [6.07, 6.45) is 0.950. The third-order valence-corrected chi connectivity index (χ3v) is 3.38. The Bertz CT molecular complexity index is 377. The molecule has 8 heteroatoms. The van der Waals surface area contributed by atoms with E-state index < -0.39 is 36.4 Å². The maximum atomic E-state index is 11.5. The minimum absolute atomic E-state index is 0.0590. The van der Waals surface area contributed by atoms with Gasteiger partial charge in [-0.2, -0.15) is 0 Å². The third kappa shape index (κ3) is 7.94. The Morgan fingerprint density at radius 1 is 1.14 bits per heavy atom. The van der Waals surface area contributed by atoms with Crippen LogP contribution in [0, 0.1) is 5.92 Å². The van der Waals surface area contributed by atoms with Crippen molar-refractivity contribution in [3.63, 3.8) is 0 Å². The highest BCUT2D eigenvalue weighted by molar-refractivity contribution is 5.88. The molecule has 0 aromatic heterocycles.